The van der Waals surface area contributed by atoms with Crippen LogP contribution in [0.4, 0.5) is 0 Å². The van der Waals surface area contributed by atoms with Crippen molar-refractivity contribution in [3.8, 4) is 33.6 Å². The molecule has 0 saturated heterocycles. The summed E-state index contributed by atoms with van der Waals surface area (Å²) < 4.78 is 0. The van der Waals surface area contributed by atoms with E-state index in [0.717, 1.165) is 33.6 Å². The van der Waals surface area contributed by atoms with E-state index in [0.29, 0.717) is 5.46 Å². The molecule has 0 atom stereocenters. The summed E-state index contributed by atoms with van der Waals surface area (Å²) in [5, 5.41) is 19.0. The molecule has 0 aliphatic carbocycles. The van der Waals surface area contributed by atoms with Gasteiger partial charge in [0, 0.05) is 5.56 Å². The molecule has 0 spiro atoms. The van der Waals surface area contributed by atoms with E-state index in [1.54, 1.807) is 12.1 Å². The number of hydrogen-bond acceptors (Lipinski definition) is 3. The molecule has 0 aliphatic heterocycles. The van der Waals surface area contributed by atoms with Crippen LogP contribution in [0.15, 0.2) is 97.1 Å². The molecule has 0 saturated carbocycles. The lowest BCUT2D eigenvalue weighted by Crippen LogP contribution is -2.29. The Balaban J connectivity index is 1.90. The number of hydrogen-bond donors (Lipinski definition) is 2. The zero-order valence-corrected chi connectivity index (χ0v) is 14.7. The van der Waals surface area contributed by atoms with Gasteiger partial charge in [-0.05, 0) is 34.3 Å². The van der Waals surface area contributed by atoms with Crippen LogP contribution in [0, 0.1) is 0 Å². The summed E-state index contributed by atoms with van der Waals surface area (Å²) in [6.45, 7) is 0. The fraction of sp³-hybridized carbons (Fsp3) is 0. The second kappa shape index (κ2) is 7.58. The highest BCUT2D eigenvalue weighted by molar-refractivity contribution is 6.58. The Bertz CT molecular complexity index is 992. The Hall–Kier alpha value is -3.21. The predicted octanol–water partition coefficient (Wildman–Crippen LogP) is 3.76. The summed E-state index contributed by atoms with van der Waals surface area (Å²) in [7, 11) is -1.50. The van der Waals surface area contributed by atoms with E-state index in [1.165, 1.54) is 0 Å². The van der Waals surface area contributed by atoms with Crippen molar-refractivity contribution >= 4 is 12.6 Å². The lowest BCUT2D eigenvalue weighted by molar-refractivity contribution is 0.426. The number of aromatic nitrogens is 1. The Morgan fingerprint density at radius 2 is 1.07 bits per heavy atom. The lowest BCUT2D eigenvalue weighted by atomic mass is 9.79. The minimum absolute atomic E-state index is 0.445. The number of pyridine rings is 1. The average molecular weight is 351 g/mol. The Labute approximate surface area is 158 Å². The van der Waals surface area contributed by atoms with Crippen LogP contribution in [0.5, 0.6) is 0 Å². The van der Waals surface area contributed by atoms with Gasteiger partial charge in [-0.1, -0.05) is 84.9 Å². The largest absolute Gasteiger partial charge is 0.488 e. The van der Waals surface area contributed by atoms with Gasteiger partial charge in [0.2, 0.25) is 0 Å². The van der Waals surface area contributed by atoms with Crippen LogP contribution < -0.4 is 5.46 Å². The standard InChI is InChI=1S/C23H18BNO2/c26-24(27)21-13-7-12-19(14-21)23-16-20(17-8-3-1-4-9-17)15-22(25-23)18-10-5-2-6-11-18/h1-16,26-27H. The summed E-state index contributed by atoms with van der Waals surface area (Å²) in [5.41, 5.74) is 6.16. The van der Waals surface area contributed by atoms with E-state index < -0.39 is 7.12 Å². The summed E-state index contributed by atoms with van der Waals surface area (Å²) in [6, 6.07) is 31.5. The average Bonchev–Trinajstić information content (AvgIpc) is 2.75. The van der Waals surface area contributed by atoms with Crippen molar-refractivity contribution in [3.63, 3.8) is 0 Å². The van der Waals surface area contributed by atoms with Crippen LogP contribution in [0.2, 0.25) is 0 Å². The molecule has 0 aliphatic rings. The molecule has 0 bridgehead atoms. The van der Waals surface area contributed by atoms with Gasteiger partial charge in [0.25, 0.3) is 0 Å². The van der Waals surface area contributed by atoms with E-state index in [4.69, 9.17) is 4.98 Å². The molecular weight excluding hydrogens is 333 g/mol. The Morgan fingerprint density at radius 3 is 1.70 bits per heavy atom. The monoisotopic (exact) mass is 351 g/mol. The molecule has 1 heterocycles. The van der Waals surface area contributed by atoms with Gasteiger partial charge in [0.1, 0.15) is 0 Å². The summed E-state index contributed by atoms with van der Waals surface area (Å²) in [4.78, 5) is 4.84. The Morgan fingerprint density at radius 1 is 0.519 bits per heavy atom. The van der Waals surface area contributed by atoms with Gasteiger partial charge in [-0.3, -0.25) is 0 Å². The normalized spacial score (nSPS) is 10.6. The molecule has 3 aromatic carbocycles. The first kappa shape index (κ1) is 17.2. The molecule has 4 aromatic rings. The summed E-state index contributed by atoms with van der Waals surface area (Å²) >= 11 is 0. The SMILES string of the molecule is OB(O)c1cccc(-c2cc(-c3ccccc3)cc(-c3ccccc3)n2)c1. The van der Waals surface area contributed by atoms with Gasteiger partial charge in [-0.25, -0.2) is 4.98 Å². The smallest absolute Gasteiger partial charge is 0.423 e. The highest BCUT2D eigenvalue weighted by Crippen LogP contribution is 2.29. The highest BCUT2D eigenvalue weighted by atomic mass is 16.4. The molecule has 4 heteroatoms. The van der Waals surface area contributed by atoms with Gasteiger partial charge < -0.3 is 10.0 Å². The van der Waals surface area contributed by atoms with Crippen molar-refractivity contribution in [1.82, 2.24) is 4.98 Å². The molecule has 0 amide bonds. The van der Waals surface area contributed by atoms with E-state index in [9.17, 15) is 10.0 Å². The van der Waals surface area contributed by atoms with Crippen LogP contribution in [0.1, 0.15) is 0 Å². The molecule has 4 rings (SSSR count). The Kier molecular flexibility index (Phi) is 4.83. The molecule has 27 heavy (non-hydrogen) atoms. The molecule has 0 fully saturated rings. The first-order chi connectivity index (χ1) is 13.2. The lowest BCUT2D eigenvalue weighted by Gasteiger charge is -2.11. The summed E-state index contributed by atoms with van der Waals surface area (Å²) in [5.74, 6) is 0. The second-order valence-corrected chi connectivity index (χ2v) is 6.36. The number of nitrogens with zero attached hydrogens (tertiary/aromatic N) is 1. The molecule has 130 valence electrons. The maximum Gasteiger partial charge on any atom is 0.488 e. The van der Waals surface area contributed by atoms with E-state index in [-0.39, 0.29) is 0 Å². The maximum absolute atomic E-state index is 9.50. The third kappa shape index (κ3) is 3.82. The third-order valence-corrected chi connectivity index (χ3v) is 4.48. The van der Waals surface area contributed by atoms with Crippen LogP contribution in [0.25, 0.3) is 33.6 Å². The highest BCUT2D eigenvalue weighted by Gasteiger charge is 2.13. The summed E-state index contributed by atoms with van der Waals surface area (Å²) in [6.07, 6.45) is 0. The van der Waals surface area contributed by atoms with Crippen molar-refractivity contribution < 1.29 is 10.0 Å². The fourth-order valence-electron chi connectivity index (χ4n) is 3.09. The molecule has 0 radical (unpaired) electrons. The van der Waals surface area contributed by atoms with Crippen molar-refractivity contribution in [1.29, 1.82) is 0 Å². The second-order valence-electron chi connectivity index (χ2n) is 6.36. The van der Waals surface area contributed by atoms with Crippen LogP contribution >= 0.6 is 0 Å². The van der Waals surface area contributed by atoms with Gasteiger partial charge in [0.05, 0.1) is 11.4 Å². The molecule has 2 N–H and O–H groups in total. The zero-order valence-electron chi connectivity index (χ0n) is 14.7. The van der Waals surface area contributed by atoms with Gasteiger partial charge in [-0.2, -0.15) is 0 Å². The zero-order chi connectivity index (χ0) is 18.6. The van der Waals surface area contributed by atoms with Gasteiger partial charge >= 0.3 is 7.12 Å². The van der Waals surface area contributed by atoms with E-state index >= 15 is 0 Å². The first-order valence-corrected chi connectivity index (χ1v) is 8.80. The van der Waals surface area contributed by atoms with E-state index in [1.807, 2.05) is 66.7 Å². The van der Waals surface area contributed by atoms with Gasteiger partial charge in [0.15, 0.2) is 0 Å². The molecular formula is C23H18BNO2. The van der Waals surface area contributed by atoms with Crippen molar-refractivity contribution in [2.24, 2.45) is 0 Å². The van der Waals surface area contributed by atoms with Crippen LogP contribution in [-0.4, -0.2) is 22.2 Å². The third-order valence-electron chi connectivity index (χ3n) is 4.48. The first-order valence-electron chi connectivity index (χ1n) is 8.80. The fourth-order valence-corrected chi connectivity index (χ4v) is 3.09. The maximum atomic E-state index is 9.50. The number of benzene rings is 3. The van der Waals surface area contributed by atoms with Crippen LogP contribution in [-0.2, 0) is 0 Å². The predicted molar refractivity (Wildman–Crippen MR) is 110 cm³/mol. The minimum atomic E-state index is -1.50. The quantitative estimate of drug-likeness (QED) is 0.551. The van der Waals surface area contributed by atoms with Crippen LogP contribution in [0.3, 0.4) is 0 Å². The number of rotatable bonds is 4. The van der Waals surface area contributed by atoms with Crippen molar-refractivity contribution in [2.75, 3.05) is 0 Å². The minimum Gasteiger partial charge on any atom is -0.423 e. The molecule has 3 nitrogen and oxygen atoms in total. The van der Waals surface area contributed by atoms with Crippen molar-refractivity contribution in [3.05, 3.63) is 97.1 Å². The molecule has 1 aromatic heterocycles. The topological polar surface area (TPSA) is 53.4 Å². The molecule has 0 unspecified atom stereocenters. The van der Waals surface area contributed by atoms with Gasteiger partial charge in [-0.15, -0.1) is 0 Å². The van der Waals surface area contributed by atoms with Crippen molar-refractivity contribution in [2.45, 2.75) is 0 Å². The van der Waals surface area contributed by atoms with E-state index in [2.05, 4.69) is 18.2 Å².